The first-order valence-electron chi connectivity index (χ1n) is 5.98. The van der Waals surface area contributed by atoms with Crippen molar-refractivity contribution in [3.63, 3.8) is 0 Å². The lowest BCUT2D eigenvalue weighted by molar-refractivity contribution is 0.237. The first kappa shape index (κ1) is 11.1. The zero-order valence-electron chi connectivity index (χ0n) is 9.29. The highest BCUT2D eigenvalue weighted by molar-refractivity contribution is 7.99. The molecule has 2 atom stereocenters. The van der Waals surface area contributed by atoms with E-state index >= 15 is 0 Å². The number of nitrogens with one attached hydrogen (secondary N) is 2. The zero-order chi connectivity index (χ0) is 10.7. The quantitative estimate of drug-likeness (QED) is 0.774. The molecule has 0 aromatic carbocycles. The Hall–Kier alpha value is -0.380. The van der Waals surface area contributed by atoms with E-state index in [1.54, 1.807) is 0 Å². The highest BCUT2D eigenvalue weighted by Gasteiger charge is 2.30. The molecule has 2 aliphatic rings. The molecule has 86 valence electrons. The number of hydrogen-bond donors (Lipinski definition) is 2. The van der Waals surface area contributed by atoms with Crippen LogP contribution < -0.4 is 10.6 Å². The Morgan fingerprint density at radius 3 is 2.73 bits per heavy atom. The molecule has 0 radical (unpaired) electrons. The van der Waals surface area contributed by atoms with Crippen LogP contribution in [0.15, 0.2) is 0 Å². The number of urea groups is 1. The molecule has 2 aliphatic carbocycles. The van der Waals surface area contributed by atoms with Crippen LogP contribution in [-0.2, 0) is 0 Å². The minimum atomic E-state index is 0.0473. The van der Waals surface area contributed by atoms with Crippen LogP contribution in [0.5, 0.6) is 0 Å². The predicted octanol–water partition coefficient (Wildman–Crippen LogP) is 2.12. The summed E-state index contributed by atoms with van der Waals surface area (Å²) in [7, 11) is 0. The first-order valence-corrected chi connectivity index (χ1v) is 7.03. The maximum atomic E-state index is 11.6. The van der Waals surface area contributed by atoms with Gasteiger partial charge in [0.2, 0.25) is 0 Å². The van der Waals surface area contributed by atoms with Crippen molar-refractivity contribution in [2.45, 2.75) is 56.4 Å². The van der Waals surface area contributed by atoms with Gasteiger partial charge in [-0.1, -0.05) is 13.3 Å². The molecule has 15 heavy (non-hydrogen) atoms. The number of carbonyl (C=O) groups is 1. The van der Waals surface area contributed by atoms with Crippen LogP contribution in [0.3, 0.4) is 0 Å². The fourth-order valence-corrected chi connectivity index (χ4v) is 3.33. The molecule has 0 heterocycles. The minimum Gasteiger partial charge on any atom is -0.335 e. The summed E-state index contributed by atoms with van der Waals surface area (Å²) < 4.78 is 0. The molecule has 2 saturated carbocycles. The van der Waals surface area contributed by atoms with Gasteiger partial charge in [-0.3, -0.25) is 0 Å². The van der Waals surface area contributed by atoms with Crippen molar-refractivity contribution in [2.24, 2.45) is 0 Å². The van der Waals surface area contributed by atoms with Crippen molar-refractivity contribution in [1.82, 2.24) is 10.6 Å². The third-order valence-electron chi connectivity index (χ3n) is 3.06. The SMILES string of the molecule is CCSC1CCCC1NC(=O)NC1CC1. The molecule has 0 saturated heterocycles. The summed E-state index contributed by atoms with van der Waals surface area (Å²) in [6, 6.07) is 0.906. The Labute approximate surface area is 95.8 Å². The topological polar surface area (TPSA) is 41.1 Å². The fourth-order valence-electron chi connectivity index (χ4n) is 2.13. The van der Waals surface area contributed by atoms with Crippen molar-refractivity contribution < 1.29 is 4.79 Å². The highest BCUT2D eigenvalue weighted by Crippen LogP contribution is 2.29. The average Bonchev–Trinajstić information content (AvgIpc) is 2.90. The van der Waals surface area contributed by atoms with Gasteiger partial charge in [0.15, 0.2) is 0 Å². The number of thioether (sulfide) groups is 1. The van der Waals surface area contributed by atoms with Gasteiger partial charge in [-0.25, -0.2) is 4.79 Å². The summed E-state index contributed by atoms with van der Waals surface area (Å²) in [4.78, 5) is 11.6. The van der Waals surface area contributed by atoms with Crippen LogP contribution in [-0.4, -0.2) is 29.1 Å². The fraction of sp³-hybridized carbons (Fsp3) is 0.909. The number of amides is 2. The summed E-state index contributed by atoms with van der Waals surface area (Å²) in [5, 5.41) is 6.74. The summed E-state index contributed by atoms with van der Waals surface area (Å²) in [5.74, 6) is 1.15. The second-order valence-corrected chi connectivity index (χ2v) is 5.94. The number of hydrogen-bond acceptors (Lipinski definition) is 2. The zero-order valence-corrected chi connectivity index (χ0v) is 10.1. The summed E-state index contributed by atoms with van der Waals surface area (Å²) in [6.07, 6.45) is 5.98. The highest BCUT2D eigenvalue weighted by atomic mass is 32.2. The van der Waals surface area contributed by atoms with E-state index in [9.17, 15) is 4.79 Å². The Morgan fingerprint density at radius 1 is 1.27 bits per heavy atom. The van der Waals surface area contributed by atoms with Crippen molar-refractivity contribution in [3.05, 3.63) is 0 Å². The van der Waals surface area contributed by atoms with Crippen LogP contribution in [0.4, 0.5) is 4.79 Å². The second-order valence-electron chi connectivity index (χ2n) is 4.42. The normalized spacial score (nSPS) is 30.2. The molecular formula is C11H20N2OS. The molecule has 2 N–H and O–H groups in total. The van der Waals surface area contributed by atoms with Crippen LogP contribution in [0.25, 0.3) is 0 Å². The van der Waals surface area contributed by atoms with E-state index in [2.05, 4.69) is 17.6 Å². The first-order chi connectivity index (χ1) is 7.29. The number of rotatable bonds is 4. The van der Waals surface area contributed by atoms with Crippen molar-refractivity contribution in [3.8, 4) is 0 Å². The molecule has 2 unspecified atom stereocenters. The van der Waals surface area contributed by atoms with Gasteiger partial charge in [0, 0.05) is 17.3 Å². The van der Waals surface area contributed by atoms with E-state index in [-0.39, 0.29) is 6.03 Å². The summed E-state index contributed by atoms with van der Waals surface area (Å²) in [6.45, 7) is 2.18. The molecule has 3 nitrogen and oxygen atoms in total. The van der Waals surface area contributed by atoms with Crippen LogP contribution in [0.1, 0.15) is 39.0 Å². The lowest BCUT2D eigenvalue weighted by Gasteiger charge is -2.20. The average molecular weight is 228 g/mol. The van der Waals surface area contributed by atoms with Gasteiger partial charge in [0.1, 0.15) is 0 Å². The molecule has 0 aliphatic heterocycles. The molecule has 4 heteroatoms. The van der Waals surface area contributed by atoms with Crippen molar-refractivity contribution in [1.29, 1.82) is 0 Å². The van der Waals surface area contributed by atoms with E-state index in [4.69, 9.17) is 0 Å². The predicted molar refractivity (Wildman–Crippen MR) is 64.2 cm³/mol. The largest absolute Gasteiger partial charge is 0.335 e. The van der Waals surface area contributed by atoms with Crippen LogP contribution >= 0.6 is 11.8 Å². The lowest BCUT2D eigenvalue weighted by Crippen LogP contribution is -2.45. The molecule has 2 rings (SSSR count). The third-order valence-corrected chi connectivity index (χ3v) is 4.39. The maximum Gasteiger partial charge on any atom is 0.315 e. The summed E-state index contributed by atoms with van der Waals surface area (Å²) >= 11 is 1.98. The summed E-state index contributed by atoms with van der Waals surface area (Å²) in [5.41, 5.74) is 0. The monoisotopic (exact) mass is 228 g/mol. The Kier molecular flexibility index (Phi) is 3.78. The van der Waals surface area contributed by atoms with Gasteiger partial charge >= 0.3 is 6.03 Å². The van der Waals surface area contributed by atoms with E-state index in [0.29, 0.717) is 17.3 Å². The molecule has 2 amide bonds. The maximum absolute atomic E-state index is 11.6. The van der Waals surface area contributed by atoms with Crippen LogP contribution in [0.2, 0.25) is 0 Å². The van der Waals surface area contributed by atoms with Crippen molar-refractivity contribution in [2.75, 3.05) is 5.75 Å². The van der Waals surface area contributed by atoms with Crippen molar-refractivity contribution >= 4 is 17.8 Å². The van der Waals surface area contributed by atoms with Gasteiger partial charge < -0.3 is 10.6 Å². The molecule has 0 bridgehead atoms. The van der Waals surface area contributed by atoms with Gasteiger partial charge in [-0.05, 0) is 31.4 Å². The molecule has 2 fully saturated rings. The standard InChI is InChI=1S/C11H20N2OS/c1-2-15-10-5-3-4-9(10)13-11(14)12-8-6-7-8/h8-10H,2-7H2,1H3,(H2,12,13,14). The van der Waals surface area contributed by atoms with Gasteiger partial charge in [-0.2, -0.15) is 11.8 Å². The molecule has 0 aromatic heterocycles. The van der Waals surface area contributed by atoms with E-state index in [0.717, 1.165) is 25.0 Å². The molecule has 0 spiro atoms. The van der Waals surface area contributed by atoms with Gasteiger partial charge in [0.05, 0.1) is 0 Å². The van der Waals surface area contributed by atoms with E-state index in [1.807, 2.05) is 11.8 Å². The van der Waals surface area contributed by atoms with E-state index < -0.39 is 0 Å². The lowest BCUT2D eigenvalue weighted by atomic mass is 10.2. The van der Waals surface area contributed by atoms with E-state index in [1.165, 1.54) is 12.8 Å². The Morgan fingerprint density at radius 2 is 2.07 bits per heavy atom. The third kappa shape index (κ3) is 3.30. The number of carbonyl (C=O) groups excluding carboxylic acids is 1. The Balaban J connectivity index is 1.73. The second kappa shape index (κ2) is 5.10. The molecule has 0 aromatic rings. The van der Waals surface area contributed by atoms with Crippen LogP contribution in [0, 0.1) is 0 Å². The minimum absolute atomic E-state index is 0.0473. The van der Waals surface area contributed by atoms with Gasteiger partial charge in [-0.15, -0.1) is 0 Å². The molecular weight excluding hydrogens is 208 g/mol. The Bertz CT molecular complexity index is 231. The smallest absolute Gasteiger partial charge is 0.315 e. The van der Waals surface area contributed by atoms with Gasteiger partial charge in [0.25, 0.3) is 0 Å².